The molecule has 0 radical (unpaired) electrons. The highest BCUT2D eigenvalue weighted by Gasteiger charge is 2.30. The maximum atomic E-state index is 13.5. The highest BCUT2D eigenvalue weighted by Crippen LogP contribution is 2.36. The maximum Gasteiger partial charge on any atom is 0.264 e. The number of sulfonamides is 1. The minimum Gasteiger partial charge on any atom is -0.271 e. The van der Waals surface area contributed by atoms with Crippen molar-refractivity contribution in [1.29, 1.82) is 0 Å². The Kier molecular flexibility index (Phi) is 8.09. The Hall–Kier alpha value is -2.38. The van der Waals surface area contributed by atoms with Gasteiger partial charge in [0.05, 0.1) is 10.6 Å². The summed E-state index contributed by atoms with van der Waals surface area (Å²) in [5, 5.41) is 4.71. The molecule has 1 aliphatic rings. The standard InChI is InChI=1S/C26H34ClN3O3S/c1-18-6-14-23(15-7-18)34(32,33)30(24-16-21(27)11-8-19(24)2)17-25(31)29-28-22-12-9-20(10-13-22)26(3,4)5/h6-8,11,14-16,20H,9-10,12-13,17H2,1-5H3,(H,29,31). The quantitative estimate of drug-likeness (QED) is 0.501. The van der Waals surface area contributed by atoms with Crippen molar-refractivity contribution in [2.45, 2.75) is 65.2 Å². The van der Waals surface area contributed by atoms with Crippen LogP contribution < -0.4 is 9.73 Å². The highest BCUT2D eigenvalue weighted by atomic mass is 35.5. The molecule has 1 N–H and O–H groups in total. The molecule has 2 aromatic carbocycles. The van der Waals surface area contributed by atoms with Gasteiger partial charge in [0.1, 0.15) is 6.54 Å². The number of rotatable bonds is 6. The summed E-state index contributed by atoms with van der Waals surface area (Å²) in [5.74, 6) is 0.128. The van der Waals surface area contributed by atoms with Gasteiger partial charge in [0, 0.05) is 10.7 Å². The molecule has 0 unspecified atom stereocenters. The van der Waals surface area contributed by atoms with Crippen molar-refractivity contribution in [2.75, 3.05) is 10.8 Å². The third kappa shape index (κ3) is 6.39. The molecule has 0 aromatic heterocycles. The molecule has 2 aromatic rings. The molecule has 0 aliphatic heterocycles. The number of halogens is 1. The van der Waals surface area contributed by atoms with Gasteiger partial charge in [0.15, 0.2) is 0 Å². The Morgan fingerprint density at radius 2 is 1.71 bits per heavy atom. The molecule has 8 heteroatoms. The predicted octanol–water partition coefficient (Wildman–Crippen LogP) is 5.86. The Morgan fingerprint density at radius 1 is 1.09 bits per heavy atom. The van der Waals surface area contributed by atoms with Gasteiger partial charge in [-0.25, -0.2) is 13.8 Å². The van der Waals surface area contributed by atoms with E-state index in [1.165, 1.54) is 0 Å². The van der Waals surface area contributed by atoms with Gasteiger partial charge in [-0.05, 0) is 80.7 Å². The molecule has 0 saturated heterocycles. The highest BCUT2D eigenvalue weighted by molar-refractivity contribution is 7.92. The minimum atomic E-state index is -4.01. The van der Waals surface area contributed by atoms with E-state index >= 15 is 0 Å². The number of aryl methyl sites for hydroxylation is 2. The number of nitrogens with one attached hydrogen (secondary N) is 1. The molecule has 0 spiro atoms. The molecular formula is C26H34ClN3O3S. The lowest BCUT2D eigenvalue weighted by molar-refractivity contribution is -0.119. The zero-order valence-corrected chi connectivity index (χ0v) is 22.1. The molecule has 34 heavy (non-hydrogen) atoms. The van der Waals surface area contributed by atoms with Crippen LogP contribution in [0.3, 0.4) is 0 Å². The zero-order chi connectivity index (χ0) is 25.1. The van der Waals surface area contributed by atoms with Crippen molar-refractivity contribution < 1.29 is 13.2 Å². The second kappa shape index (κ2) is 10.5. The molecule has 3 rings (SSSR count). The minimum absolute atomic E-state index is 0.108. The van der Waals surface area contributed by atoms with Crippen molar-refractivity contribution in [1.82, 2.24) is 5.43 Å². The summed E-state index contributed by atoms with van der Waals surface area (Å²) < 4.78 is 28.2. The first-order chi connectivity index (χ1) is 15.9. The Balaban J connectivity index is 1.82. The molecule has 1 aliphatic carbocycles. The number of amides is 1. The molecular weight excluding hydrogens is 470 g/mol. The normalized spacial score (nSPS) is 16.8. The van der Waals surface area contributed by atoms with Gasteiger partial charge in [0.25, 0.3) is 15.9 Å². The number of carbonyl (C=O) groups excluding carboxylic acids is 1. The number of hydrazone groups is 1. The number of benzene rings is 2. The zero-order valence-electron chi connectivity index (χ0n) is 20.6. The topological polar surface area (TPSA) is 78.8 Å². The van der Waals surface area contributed by atoms with E-state index in [1.54, 1.807) is 49.4 Å². The van der Waals surface area contributed by atoms with Crippen molar-refractivity contribution in [3.8, 4) is 0 Å². The van der Waals surface area contributed by atoms with E-state index in [4.69, 9.17) is 11.6 Å². The molecule has 0 atom stereocenters. The summed E-state index contributed by atoms with van der Waals surface area (Å²) in [5.41, 5.74) is 5.79. The van der Waals surface area contributed by atoms with Gasteiger partial charge in [-0.1, -0.05) is 56.1 Å². The Labute approximate surface area is 208 Å². The molecule has 1 amide bonds. The largest absolute Gasteiger partial charge is 0.271 e. The lowest BCUT2D eigenvalue weighted by atomic mass is 9.72. The first-order valence-corrected chi connectivity index (χ1v) is 13.4. The number of carbonyl (C=O) groups is 1. The number of hydrogen-bond donors (Lipinski definition) is 1. The van der Waals surface area contributed by atoms with Crippen LogP contribution >= 0.6 is 11.6 Å². The third-order valence-corrected chi connectivity index (χ3v) is 8.47. The van der Waals surface area contributed by atoms with Gasteiger partial charge >= 0.3 is 0 Å². The van der Waals surface area contributed by atoms with Crippen molar-refractivity contribution in [3.63, 3.8) is 0 Å². The van der Waals surface area contributed by atoms with Crippen LogP contribution in [0.15, 0.2) is 52.5 Å². The summed E-state index contributed by atoms with van der Waals surface area (Å²) in [6.45, 7) is 10.0. The number of nitrogens with zero attached hydrogens (tertiary/aromatic N) is 2. The van der Waals surface area contributed by atoms with Crippen LogP contribution in [-0.4, -0.2) is 26.6 Å². The molecule has 6 nitrogen and oxygen atoms in total. The van der Waals surface area contributed by atoms with E-state index in [9.17, 15) is 13.2 Å². The van der Waals surface area contributed by atoms with Crippen molar-refractivity contribution >= 4 is 38.9 Å². The van der Waals surface area contributed by atoms with Crippen LogP contribution in [0.2, 0.25) is 5.02 Å². The fourth-order valence-electron chi connectivity index (χ4n) is 4.22. The summed E-state index contributed by atoms with van der Waals surface area (Å²) in [6, 6.07) is 11.5. The van der Waals surface area contributed by atoms with Gasteiger partial charge in [-0.2, -0.15) is 5.10 Å². The fourth-order valence-corrected chi connectivity index (χ4v) is 5.87. The van der Waals surface area contributed by atoms with E-state index in [-0.39, 0.29) is 10.3 Å². The number of hydrogen-bond acceptors (Lipinski definition) is 4. The van der Waals surface area contributed by atoms with Gasteiger partial charge in [0.2, 0.25) is 0 Å². The average molecular weight is 504 g/mol. The van der Waals surface area contributed by atoms with E-state index in [2.05, 4.69) is 31.3 Å². The fraction of sp³-hybridized carbons (Fsp3) is 0.462. The van der Waals surface area contributed by atoms with Crippen LogP contribution in [-0.2, 0) is 14.8 Å². The van der Waals surface area contributed by atoms with Crippen LogP contribution in [0.1, 0.15) is 57.6 Å². The van der Waals surface area contributed by atoms with Gasteiger partial charge in [-0.3, -0.25) is 9.10 Å². The molecule has 0 heterocycles. The second-order valence-electron chi connectivity index (χ2n) is 10.1. The maximum absolute atomic E-state index is 13.5. The summed E-state index contributed by atoms with van der Waals surface area (Å²) in [6.07, 6.45) is 3.74. The van der Waals surface area contributed by atoms with E-state index in [1.807, 2.05) is 6.92 Å². The third-order valence-electron chi connectivity index (χ3n) is 6.46. The molecule has 184 valence electrons. The van der Waals surface area contributed by atoms with E-state index < -0.39 is 22.5 Å². The van der Waals surface area contributed by atoms with Crippen molar-refractivity contribution in [3.05, 3.63) is 58.6 Å². The first-order valence-electron chi connectivity index (χ1n) is 11.6. The Bertz CT molecular complexity index is 1160. The lowest BCUT2D eigenvalue weighted by Gasteiger charge is -2.34. The average Bonchev–Trinajstić information content (AvgIpc) is 2.78. The molecule has 1 saturated carbocycles. The molecule has 1 fully saturated rings. The van der Waals surface area contributed by atoms with Crippen LogP contribution in [0.5, 0.6) is 0 Å². The lowest BCUT2D eigenvalue weighted by Crippen LogP contribution is -2.40. The second-order valence-corrected chi connectivity index (χ2v) is 12.4. The van der Waals surface area contributed by atoms with E-state index in [0.29, 0.717) is 22.2 Å². The molecule has 0 bridgehead atoms. The summed E-state index contributed by atoms with van der Waals surface area (Å²) >= 11 is 6.18. The van der Waals surface area contributed by atoms with Crippen molar-refractivity contribution in [2.24, 2.45) is 16.4 Å². The van der Waals surface area contributed by atoms with Gasteiger partial charge < -0.3 is 0 Å². The van der Waals surface area contributed by atoms with Gasteiger partial charge in [-0.15, -0.1) is 0 Å². The summed E-state index contributed by atoms with van der Waals surface area (Å²) in [4.78, 5) is 13.0. The monoisotopic (exact) mass is 503 g/mol. The first kappa shape index (κ1) is 26.2. The number of anilines is 1. The predicted molar refractivity (Wildman–Crippen MR) is 139 cm³/mol. The van der Waals surface area contributed by atoms with Crippen LogP contribution in [0.25, 0.3) is 0 Å². The summed E-state index contributed by atoms with van der Waals surface area (Å²) in [7, 11) is -4.01. The van der Waals surface area contributed by atoms with Crippen LogP contribution in [0, 0.1) is 25.2 Å². The SMILES string of the molecule is Cc1ccc(S(=O)(=O)N(CC(=O)NN=C2CCC(C(C)(C)C)CC2)c2cc(Cl)ccc2C)cc1. The van der Waals surface area contributed by atoms with E-state index in [0.717, 1.165) is 41.3 Å². The smallest absolute Gasteiger partial charge is 0.264 e. The Morgan fingerprint density at radius 3 is 2.29 bits per heavy atom. The van der Waals surface area contributed by atoms with Crippen LogP contribution in [0.4, 0.5) is 5.69 Å².